The highest BCUT2D eigenvalue weighted by Gasteiger charge is 2.32. The highest BCUT2D eigenvalue weighted by atomic mass is 16.2. The highest BCUT2D eigenvalue weighted by molar-refractivity contribution is 5.82. The number of carbonyl (C=O) groups excluding carboxylic acids is 1. The number of hydrogen-bond donors (Lipinski definition) is 1. The van der Waals surface area contributed by atoms with E-state index in [2.05, 4.69) is 18.3 Å². The molecule has 1 N–H and O–H groups in total. The first-order chi connectivity index (χ1) is 9.67. The largest absolute Gasteiger partial charge is 0.337 e. The van der Waals surface area contributed by atoms with Crippen molar-refractivity contribution in [2.75, 3.05) is 13.1 Å². The van der Waals surface area contributed by atoms with Gasteiger partial charge in [0.15, 0.2) is 0 Å². The van der Waals surface area contributed by atoms with Gasteiger partial charge in [-0.1, -0.05) is 25.1 Å². The lowest BCUT2D eigenvalue weighted by Crippen LogP contribution is -2.45. The van der Waals surface area contributed by atoms with E-state index in [-0.39, 0.29) is 11.9 Å². The van der Waals surface area contributed by atoms with E-state index in [4.69, 9.17) is 5.26 Å². The van der Waals surface area contributed by atoms with Gasteiger partial charge in [0.05, 0.1) is 17.7 Å². The molecule has 2 rings (SSSR count). The van der Waals surface area contributed by atoms with Gasteiger partial charge in [0.25, 0.3) is 0 Å². The van der Waals surface area contributed by atoms with Crippen molar-refractivity contribution in [3.63, 3.8) is 0 Å². The van der Waals surface area contributed by atoms with Gasteiger partial charge < -0.3 is 10.2 Å². The van der Waals surface area contributed by atoms with Crippen LogP contribution in [0.1, 0.15) is 31.4 Å². The summed E-state index contributed by atoms with van der Waals surface area (Å²) in [7, 11) is 0. The topological polar surface area (TPSA) is 56.1 Å². The van der Waals surface area contributed by atoms with Crippen molar-refractivity contribution in [2.24, 2.45) is 5.92 Å². The lowest BCUT2D eigenvalue weighted by molar-refractivity contribution is -0.134. The molecule has 0 radical (unpaired) electrons. The summed E-state index contributed by atoms with van der Waals surface area (Å²) in [5.74, 6) is 0.521. The maximum atomic E-state index is 12.6. The number of amides is 1. The number of rotatable bonds is 4. The third kappa shape index (κ3) is 3.00. The molecule has 2 atom stereocenters. The number of nitrogens with zero attached hydrogens (tertiary/aromatic N) is 2. The molecule has 0 saturated carbocycles. The predicted molar refractivity (Wildman–Crippen MR) is 77.8 cm³/mol. The summed E-state index contributed by atoms with van der Waals surface area (Å²) >= 11 is 0. The van der Waals surface area contributed by atoms with Gasteiger partial charge in [-0.2, -0.15) is 5.26 Å². The maximum absolute atomic E-state index is 12.6. The fourth-order valence-corrected chi connectivity index (χ4v) is 2.68. The number of likely N-dealkylation sites (N-methyl/N-ethyl adjacent to an activating group) is 1. The minimum Gasteiger partial charge on any atom is -0.337 e. The third-order valence-electron chi connectivity index (χ3n) is 3.99. The number of benzene rings is 1. The zero-order chi connectivity index (χ0) is 14.5. The van der Waals surface area contributed by atoms with Gasteiger partial charge in [0.2, 0.25) is 5.91 Å². The van der Waals surface area contributed by atoms with Crippen molar-refractivity contribution in [2.45, 2.75) is 32.9 Å². The Hall–Kier alpha value is -1.86. The van der Waals surface area contributed by atoms with Gasteiger partial charge in [0, 0.05) is 13.1 Å². The molecule has 4 nitrogen and oxygen atoms in total. The summed E-state index contributed by atoms with van der Waals surface area (Å²) in [5, 5.41) is 12.4. The van der Waals surface area contributed by atoms with E-state index in [0.29, 0.717) is 24.6 Å². The Morgan fingerprint density at radius 1 is 1.50 bits per heavy atom. The van der Waals surface area contributed by atoms with Crippen molar-refractivity contribution >= 4 is 5.91 Å². The summed E-state index contributed by atoms with van der Waals surface area (Å²) in [4.78, 5) is 14.4. The van der Waals surface area contributed by atoms with Crippen LogP contribution in [0.3, 0.4) is 0 Å². The molecule has 106 valence electrons. The fraction of sp³-hybridized carbons (Fsp3) is 0.500. The van der Waals surface area contributed by atoms with E-state index < -0.39 is 0 Å². The van der Waals surface area contributed by atoms with Crippen LogP contribution in [-0.2, 0) is 11.3 Å². The first-order valence-electron chi connectivity index (χ1n) is 7.17. The zero-order valence-corrected chi connectivity index (χ0v) is 12.1. The molecule has 1 fully saturated rings. The molecule has 1 amide bonds. The van der Waals surface area contributed by atoms with Crippen LogP contribution in [0.4, 0.5) is 0 Å². The van der Waals surface area contributed by atoms with Crippen molar-refractivity contribution < 1.29 is 4.79 Å². The lowest BCUT2D eigenvalue weighted by Gasteiger charge is -2.26. The minimum atomic E-state index is -0.0794. The zero-order valence-electron chi connectivity index (χ0n) is 12.1. The van der Waals surface area contributed by atoms with Crippen LogP contribution in [0.25, 0.3) is 0 Å². The highest BCUT2D eigenvalue weighted by Crippen LogP contribution is 2.18. The average Bonchev–Trinajstić information content (AvgIpc) is 2.90. The van der Waals surface area contributed by atoms with E-state index in [1.54, 1.807) is 6.07 Å². The van der Waals surface area contributed by atoms with Gasteiger partial charge in [0.1, 0.15) is 0 Å². The molecule has 0 aromatic heterocycles. The maximum Gasteiger partial charge on any atom is 0.240 e. The van der Waals surface area contributed by atoms with Gasteiger partial charge >= 0.3 is 0 Å². The van der Waals surface area contributed by atoms with Crippen molar-refractivity contribution in [3.05, 3.63) is 35.4 Å². The molecule has 1 aromatic carbocycles. The molecular weight excluding hydrogens is 250 g/mol. The van der Waals surface area contributed by atoms with Crippen molar-refractivity contribution in [1.29, 1.82) is 5.26 Å². The van der Waals surface area contributed by atoms with Crippen molar-refractivity contribution in [3.8, 4) is 6.07 Å². The van der Waals surface area contributed by atoms with Gasteiger partial charge in [-0.05, 0) is 37.4 Å². The summed E-state index contributed by atoms with van der Waals surface area (Å²) in [6, 6.07) is 9.58. The smallest absolute Gasteiger partial charge is 0.240 e. The van der Waals surface area contributed by atoms with Gasteiger partial charge in [-0.15, -0.1) is 0 Å². The Kier molecular flexibility index (Phi) is 4.75. The molecule has 0 bridgehead atoms. The van der Waals surface area contributed by atoms with E-state index in [1.165, 1.54) is 0 Å². The quantitative estimate of drug-likeness (QED) is 0.910. The second-order valence-corrected chi connectivity index (χ2v) is 5.32. The first-order valence-corrected chi connectivity index (χ1v) is 7.17. The number of nitriles is 1. The number of nitrogens with one attached hydrogen (secondary N) is 1. The average molecular weight is 271 g/mol. The van der Waals surface area contributed by atoms with Crippen LogP contribution in [0, 0.1) is 17.2 Å². The van der Waals surface area contributed by atoms with Crippen molar-refractivity contribution in [1.82, 2.24) is 10.2 Å². The Bertz CT molecular complexity index is 521. The van der Waals surface area contributed by atoms with Crippen LogP contribution < -0.4 is 5.32 Å². The van der Waals surface area contributed by atoms with Crippen LogP contribution >= 0.6 is 0 Å². The van der Waals surface area contributed by atoms with Crippen LogP contribution in [-0.4, -0.2) is 29.9 Å². The van der Waals surface area contributed by atoms with Gasteiger partial charge in [-0.3, -0.25) is 4.79 Å². The molecule has 0 aliphatic carbocycles. The standard InChI is InChI=1S/C16H21N3O/c1-3-19(16(20)15-12(2)8-9-18-15)11-14-7-5-4-6-13(14)10-17/h4-7,12,15,18H,3,8-9,11H2,1-2H3. The van der Waals surface area contributed by atoms with Gasteiger partial charge in [-0.25, -0.2) is 0 Å². The molecule has 1 aliphatic rings. The molecule has 1 aromatic rings. The lowest BCUT2D eigenvalue weighted by atomic mass is 10.0. The van der Waals surface area contributed by atoms with E-state index >= 15 is 0 Å². The first kappa shape index (κ1) is 14.5. The summed E-state index contributed by atoms with van der Waals surface area (Å²) in [6.45, 7) is 6.16. The van der Waals surface area contributed by atoms with E-state index in [9.17, 15) is 4.79 Å². The monoisotopic (exact) mass is 271 g/mol. The van der Waals surface area contributed by atoms with E-state index in [0.717, 1.165) is 18.5 Å². The van der Waals surface area contributed by atoms with Crippen LogP contribution in [0.5, 0.6) is 0 Å². The number of hydrogen-bond acceptors (Lipinski definition) is 3. The summed E-state index contributed by atoms with van der Waals surface area (Å²) < 4.78 is 0. The SMILES string of the molecule is CCN(Cc1ccccc1C#N)C(=O)C1NCCC1C. The molecule has 20 heavy (non-hydrogen) atoms. The molecule has 4 heteroatoms. The number of carbonyl (C=O) groups is 1. The summed E-state index contributed by atoms with van der Waals surface area (Å²) in [6.07, 6.45) is 1.04. The Balaban J connectivity index is 2.13. The second kappa shape index (κ2) is 6.53. The summed E-state index contributed by atoms with van der Waals surface area (Å²) in [5.41, 5.74) is 1.56. The molecular formula is C16H21N3O. The molecule has 2 unspecified atom stereocenters. The molecule has 1 aliphatic heterocycles. The second-order valence-electron chi connectivity index (χ2n) is 5.32. The van der Waals surface area contributed by atoms with Crippen LogP contribution in [0.2, 0.25) is 0 Å². The fourth-order valence-electron chi connectivity index (χ4n) is 2.68. The normalized spacial score (nSPS) is 21.4. The molecule has 0 spiro atoms. The Morgan fingerprint density at radius 2 is 2.25 bits per heavy atom. The molecule has 1 heterocycles. The Morgan fingerprint density at radius 3 is 2.85 bits per heavy atom. The third-order valence-corrected chi connectivity index (χ3v) is 3.99. The minimum absolute atomic E-state index is 0.0794. The van der Waals surface area contributed by atoms with Crippen LogP contribution in [0.15, 0.2) is 24.3 Å². The van der Waals surface area contributed by atoms with E-state index in [1.807, 2.05) is 30.0 Å². The molecule has 1 saturated heterocycles. The Labute approximate surface area is 120 Å². The predicted octanol–water partition coefficient (Wildman–Crippen LogP) is 1.90.